The molecule has 0 unspecified atom stereocenters. The van der Waals surface area contributed by atoms with E-state index in [4.69, 9.17) is 4.74 Å². The minimum absolute atomic E-state index is 0.0335. The highest BCUT2D eigenvalue weighted by Gasteiger charge is 2.46. The van der Waals surface area contributed by atoms with Gasteiger partial charge in [0.05, 0.1) is 6.42 Å². The van der Waals surface area contributed by atoms with Crippen LogP contribution in [0.4, 0.5) is 8.78 Å². The molecular formula is C34H38F2O4. The minimum atomic E-state index is -2.87. The van der Waals surface area contributed by atoms with Crippen molar-refractivity contribution >= 4 is 5.97 Å². The van der Waals surface area contributed by atoms with Gasteiger partial charge in [-0.3, -0.25) is 4.79 Å². The fourth-order valence-corrected chi connectivity index (χ4v) is 6.47. The van der Waals surface area contributed by atoms with E-state index in [-0.39, 0.29) is 28.9 Å². The van der Waals surface area contributed by atoms with Crippen LogP contribution < -0.4 is 9.47 Å². The molecule has 2 atom stereocenters. The zero-order valence-corrected chi connectivity index (χ0v) is 23.5. The molecule has 0 spiro atoms. The van der Waals surface area contributed by atoms with Crippen molar-refractivity contribution in [3.05, 3.63) is 83.4 Å². The van der Waals surface area contributed by atoms with Gasteiger partial charge < -0.3 is 14.6 Å². The molecule has 0 radical (unpaired) electrons. The van der Waals surface area contributed by atoms with Crippen molar-refractivity contribution in [2.75, 3.05) is 0 Å². The van der Waals surface area contributed by atoms with Crippen molar-refractivity contribution < 1.29 is 28.2 Å². The Bertz CT molecular complexity index is 1360. The van der Waals surface area contributed by atoms with E-state index in [1.165, 1.54) is 5.56 Å². The number of halogens is 2. The van der Waals surface area contributed by atoms with Crippen molar-refractivity contribution in [3.63, 3.8) is 0 Å². The van der Waals surface area contributed by atoms with Crippen LogP contribution in [0.2, 0.25) is 0 Å². The molecule has 0 bridgehead atoms. The Balaban J connectivity index is 1.41. The van der Waals surface area contributed by atoms with Crippen LogP contribution in [-0.2, 0) is 11.4 Å². The topological polar surface area (TPSA) is 55.8 Å². The first kappa shape index (κ1) is 28.1. The van der Waals surface area contributed by atoms with Gasteiger partial charge in [-0.2, -0.15) is 8.78 Å². The third-order valence-electron chi connectivity index (χ3n) is 9.04. The number of hydrogen-bond acceptors (Lipinski definition) is 3. The number of carbonyl (C=O) groups is 1. The van der Waals surface area contributed by atoms with Crippen LogP contribution in [0.15, 0.2) is 66.7 Å². The molecule has 0 saturated heterocycles. The summed E-state index contributed by atoms with van der Waals surface area (Å²) < 4.78 is 36.7. The summed E-state index contributed by atoms with van der Waals surface area (Å²) in [7, 11) is 0. The van der Waals surface area contributed by atoms with Crippen molar-refractivity contribution in [1.29, 1.82) is 0 Å². The molecule has 5 rings (SSSR count). The fraction of sp³-hybridized carbons (Fsp3) is 0.441. The van der Waals surface area contributed by atoms with Gasteiger partial charge in [-0.15, -0.1) is 0 Å². The van der Waals surface area contributed by atoms with Gasteiger partial charge in [0.25, 0.3) is 0 Å². The van der Waals surface area contributed by atoms with Gasteiger partial charge in [0.15, 0.2) is 0 Å². The van der Waals surface area contributed by atoms with E-state index < -0.39 is 12.6 Å². The lowest BCUT2D eigenvalue weighted by Crippen LogP contribution is -2.16. The van der Waals surface area contributed by atoms with Crippen LogP contribution in [-0.4, -0.2) is 17.7 Å². The van der Waals surface area contributed by atoms with E-state index in [9.17, 15) is 18.7 Å². The number of aliphatic carboxylic acids is 1. The standard InChI is InChI=1S/C34H38F2O4/c1-33(2)14-6-11-29(33)28-17-22(12-13-27(28)23-7-4-10-26(18-23)40-32(35)36)21-39-25-9-5-8-24(19-25)30(20-31(37)38)34(3)15-16-34/h4-5,7-10,12-13,17-19,29-30,32H,6,11,14-16,20-21H2,1-3H3,(H,37,38)/t29-,30-/m0/s1. The Hall–Kier alpha value is -3.41. The SMILES string of the molecule is CC1(C)CCC[C@H]1c1cc(COc2cccc([C@H](CC(=O)O)C3(C)CC3)c2)ccc1-c1cccc(OC(F)F)c1. The summed E-state index contributed by atoms with van der Waals surface area (Å²) in [6, 6.07) is 21.1. The summed E-state index contributed by atoms with van der Waals surface area (Å²) in [6.07, 6.45) is 5.56. The largest absolute Gasteiger partial charge is 0.489 e. The molecule has 2 aliphatic rings. The summed E-state index contributed by atoms with van der Waals surface area (Å²) in [5, 5.41) is 9.50. The van der Waals surface area contributed by atoms with Gasteiger partial charge in [0.2, 0.25) is 0 Å². The maximum Gasteiger partial charge on any atom is 0.387 e. The molecule has 3 aromatic rings. The predicted octanol–water partition coefficient (Wildman–Crippen LogP) is 9.19. The maximum atomic E-state index is 12.9. The van der Waals surface area contributed by atoms with Crippen LogP contribution in [0.3, 0.4) is 0 Å². The van der Waals surface area contributed by atoms with E-state index in [2.05, 4.69) is 37.6 Å². The number of hydrogen-bond donors (Lipinski definition) is 1. The summed E-state index contributed by atoms with van der Waals surface area (Å²) in [5.74, 6) is 0.395. The van der Waals surface area contributed by atoms with E-state index >= 15 is 0 Å². The Morgan fingerprint density at radius 2 is 1.73 bits per heavy atom. The summed E-state index contributed by atoms with van der Waals surface area (Å²) >= 11 is 0. The molecule has 0 heterocycles. The zero-order valence-electron chi connectivity index (χ0n) is 23.5. The normalized spacial score (nSPS) is 19.8. The summed E-state index contributed by atoms with van der Waals surface area (Å²) in [4.78, 5) is 11.6. The molecule has 212 valence electrons. The summed E-state index contributed by atoms with van der Waals surface area (Å²) in [5.41, 5.74) is 5.28. The first-order valence-electron chi connectivity index (χ1n) is 14.2. The Kier molecular flexibility index (Phi) is 7.89. The second kappa shape index (κ2) is 11.2. The maximum absolute atomic E-state index is 12.9. The van der Waals surface area contributed by atoms with Crippen LogP contribution in [0.1, 0.15) is 87.8 Å². The molecule has 2 aliphatic carbocycles. The lowest BCUT2D eigenvalue weighted by atomic mass is 9.75. The average Bonchev–Trinajstić information content (AvgIpc) is 3.55. The van der Waals surface area contributed by atoms with Crippen molar-refractivity contribution in [1.82, 2.24) is 0 Å². The third kappa shape index (κ3) is 6.32. The highest BCUT2D eigenvalue weighted by atomic mass is 19.3. The van der Waals surface area contributed by atoms with Crippen LogP contribution in [0.25, 0.3) is 11.1 Å². The van der Waals surface area contributed by atoms with Gasteiger partial charge >= 0.3 is 12.6 Å². The van der Waals surface area contributed by atoms with Gasteiger partial charge in [-0.25, -0.2) is 0 Å². The van der Waals surface area contributed by atoms with E-state index in [0.717, 1.165) is 60.1 Å². The minimum Gasteiger partial charge on any atom is -0.489 e. The fourth-order valence-electron chi connectivity index (χ4n) is 6.47. The Labute approximate surface area is 235 Å². The lowest BCUT2D eigenvalue weighted by molar-refractivity contribution is -0.137. The van der Waals surface area contributed by atoms with Crippen LogP contribution in [0, 0.1) is 10.8 Å². The first-order valence-corrected chi connectivity index (χ1v) is 14.2. The van der Waals surface area contributed by atoms with Crippen molar-refractivity contribution in [2.24, 2.45) is 10.8 Å². The molecule has 1 N–H and O–H groups in total. The van der Waals surface area contributed by atoms with Gasteiger partial charge in [-0.05, 0) is 100 Å². The molecule has 6 heteroatoms. The van der Waals surface area contributed by atoms with Crippen molar-refractivity contribution in [2.45, 2.75) is 84.4 Å². The van der Waals surface area contributed by atoms with E-state index in [1.54, 1.807) is 18.2 Å². The highest BCUT2D eigenvalue weighted by Crippen LogP contribution is 2.57. The summed E-state index contributed by atoms with van der Waals surface area (Å²) in [6.45, 7) is 4.27. The Morgan fingerprint density at radius 1 is 0.975 bits per heavy atom. The number of ether oxygens (including phenoxy) is 2. The molecule has 4 nitrogen and oxygen atoms in total. The molecule has 40 heavy (non-hydrogen) atoms. The van der Waals surface area contributed by atoms with Crippen LogP contribution >= 0.6 is 0 Å². The number of benzene rings is 3. The molecule has 2 fully saturated rings. The van der Waals surface area contributed by atoms with E-state index in [0.29, 0.717) is 12.5 Å². The zero-order chi connectivity index (χ0) is 28.5. The first-order chi connectivity index (χ1) is 19.0. The molecular weight excluding hydrogens is 510 g/mol. The average molecular weight is 549 g/mol. The molecule has 0 aromatic heterocycles. The molecule has 0 amide bonds. The number of carboxylic acids is 1. The molecule has 2 saturated carbocycles. The number of alkyl halides is 2. The van der Waals surface area contributed by atoms with Crippen molar-refractivity contribution in [3.8, 4) is 22.6 Å². The Morgan fingerprint density at radius 3 is 2.40 bits per heavy atom. The molecule has 0 aliphatic heterocycles. The second-order valence-electron chi connectivity index (χ2n) is 12.4. The monoisotopic (exact) mass is 548 g/mol. The van der Waals surface area contributed by atoms with Gasteiger partial charge in [-0.1, -0.05) is 69.7 Å². The quantitative estimate of drug-likeness (QED) is 0.260. The predicted molar refractivity (Wildman–Crippen MR) is 152 cm³/mol. The smallest absolute Gasteiger partial charge is 0.387 e. The van der Waals surface area contributed by atoms with Gasteiger partial charge in [0, 0.05) is 0 Å². The second-order valence-corrected chi connectivity index (χ2v) is 12.4. The lowest BCUT2D eigenvalue weighted by Gasteiger charge is -2.30. The van der Waals surface area contributed by atoms with Crippen LogP contribution in [0.5, 0.6) is 11.5 Å². The van der Waals surface area contributed by atoms with E-state index in [1.807, 2.05) is 36.4 Å². The number of rotatable bonds is 11. The number of carboxylic acid groups (broad SMARTS) is 1. The highest BCUT2D eigenvalue weighted by molar-refractivity contribution is 5.70. The van der Waals surface area contributed by atoms with Gasteiger partial charge in [0.1, 0.15) is 18.1 Å². The molecule has 3 aromatic carbocycles. The third-order valence-corrected chi connectivity index (χ3v) is 9.04.